The van der Waals surface area contributed by atoms with E-state index in [4.69, 9.17) is 0 Å². The average Bonchev–Trinajstić information content (AvgIpc) is 2.60. The summed E-state index contributed by atoms with van der Waals surface area (Å²) in [4.78, 5) is 0. The van der Waals surface area contributed by atoms with Crippen LogP contribution in [0.1, 0.15) is 33.6 Å². The van der Waals surface area contributed by atoms with Crippen molar-refractivity contribution in [2.24, 2.45) is 29.1 Å². The van der Waals surface area contributed by atoms with Gasteiger partial charge in [0.2, 0.25) is 0 Å². The van der Waals surface area contributed by atoms with E-state index in [0.717, 1.165) is 18.4 Å². The molecule has 3 nitrogen and oxygen atoms in total. The zero-order chi connectivity index (χ0) is 13.5. The van der Waals surface area contributed by atoms with Crippen LogP contribution >= 0.6 is 0 Å². The maximum atomic E-state index is 10.5. The van der Waals surface area contributed by atoms with Crippen molar-refractivity contribution < 1.29 is 15.3 Å². The first-order chi connectivity index (χ1) is 8.19. The van der Waals surface area contributed by atoms with E-state index < -0.39 is 17.8 Å². The van der Waals surface area contributed by atoms with Crippen LogP contribution in [0.4, 0.5) is 0 Å². The molecule has 0 amide bonds. The molecule has 0 aromatic carbocycles. The lowest BCUT2D eigenvalue weighted by atomic mass is 9.53. The summed E-state index contributed by atoms with van der Waals surface area (Å²) in [6.07, 6.45) is 0.841. The van der Waals surface area contributed by atoms with Crippen LogP contribution in [0.2, 0.25) is 0 Å². The first-order valence-electron chi connectivity index (χ1n) is 6.97. The molecule has 102 valence electrons. The van der Waals surface area contributed by atoms with Gasteiger partial charge in [-0.15, -0.1) is 0 Å². The molecule has 4 unspecified atom stereocenters. The van der Waals surface area contributed by atoms with Gasteiger partial charge in [0.15, 0.2) is 0 Å². The first kappa shape index (κ1) is 12.6. The van der Waals surface area contributed by atoms with E-state index in [1.807, 2.05) is 13.8 Å². The van der Waals surface area contributed by atoms with Gasteiger partial charge in [0.25, 0.3) is 0 Å². The first-order valence-corrected chi connectivity index (χ1v) is 6.97. The number of fused-ring (bicyclic) bond motifs is 1. The molecule has 0 spiro atoms. The van der Waals surface area contributed by atoms with Crippen molar-refractivity contribution in [1.29, 1.82) is 0 Å². The van der Waals surface area contributed by atoms with Crippen LogP contribution in [0.5, 0.6) is 0 Å². The highest BCUT2D eigenvalue weighted by Gasteiger charge is 2.69. The average molecular weight is 252 g/mol. The van der Waals surface area contributed by atoms with Gasteiger partial charge in [-0.05, 0) is 43.9 Å². The third kappa shape index (κ3) is 1.25. The van der Waals surface area contributed by atoms with Gasteiger partial charge in [0.1, 0.15) is 0 Å². The minimum Gasteiger partial charge on any atom is -0.392 e. The fourth-order valence-corrected chi connectivity index (χ4v) is 5.20. The molecule has 0 heterocycles. The molecule has 3 saturated carbocycles. The van der Waals surface area contributed by atoms with Gasteiger partial charge in [-0.2, -0.15) is 0 Å². The van der Waals surface area contributed by atoms with E-state index in [2.05, 4.69) is 13.5 Å². The van der Waals surface area contributed by atoms with Crippen LogP contribution in [-0.2, 0) is 0 Å². The Morgan fingerprint density at radius 3 is 2.39 bits per heavy atom. The van der Waals surface area contributed by atoms with Crippen molar-refractivity contribution in [2.75, 3.05) is 0 Å². The number of hydrogen-bond acceptors (Lipinski definition) is 3. The normalized spacial score (nSPS) is 55.1. The lowest BCUT2D eigenvalue weighted by Gasteiger charge is -2.53. The maximum Gasteiger partial charge on any atom is 0.0670 e. The van der Waals surface area contributed by atoms with Crippen molar-refractivity contribution in [2.45, 2.75) is 51.4 Å². The Morgan fingerprint density at radius 2 is 1.89 bits per heavy atom. The highest BCUT2D eigenvalue weighted by molar-refractivity contribution is 5.34. The molecular formula is C15H24O3. The van der Waals surface area contributed by atoms with Crippen molar-refractivity contribution >= 4 is 0 Å². The summed E-state index contributed by atoms with van der Waals surface area (Å²) in [7, 11) is 0. The van der Waals surface area contributed by atoms with Gasteiger partial charge in [-0.3, -0.25) is 0 Å². The van der Waals surface area contributed by atoms with E-state index in [1.165, 1.54) is 0 Å². The summed E-state index contributed by atoms with van der Waals surface area (Å²) in [5.41, 5.74) is 0.187. The third-order valence-electron chi connectivity index (χ3n) is 6.13. The van der Waals surface area contributed by atoms with Crippen LogP contribution in [-0.4, -0.2) is 33.1 Å². The fourth-order valence-electron chi connectivity index (χ4n) is 5.20. The number of aliphatic hydroxyl groups is 3. The van der Waals surface area contributed by atoms with Crippen LogP contribution in [0.15, 0.2) is 12.2 Å². The number of hydrogen-bond donors (Lipinski definition) is 3. The van der Waals surface area contributed by atoms with Gasteiger partial charge in [0, 0.05) is 11.8 Å². The lowest BCUT2D eigenvalue weighted by molar-refractivity contribution is -0.110. The molecule has 0 aliphatic heterocycles. The van der Waals surface area contributed by atoms with Crippen LogP contribution in [0.25, 0.3) is 0 Å². The Hall–Kier alpha value is -0.380. The molecular weight excluding hydrogens is 228 g/mol. The zero-order valence-corrected chi connectivity index (χ0v) is 11.4. The molecule has 3 heteroatoms. The van der Waals surface area contributed by atoms with Gasteiger partial charge in [-0.25, -0.2) is 0 Å². The van der Waals surface area contributed by atoms with Gasteiger partial charge in [0.05, 0.1) is 17.8 Å². The largest absolute Gasteiger partial charge is 0.392 e. The van der Waals surface area contributed by atoms with Crippen molar-refractivity contribution in [1.82, 2.24) is 0 Å². The van der Waals surface area contributed by atoms with Crippen LogP contribution in [0, 0.1) is 29.1 Å². The molecule has 18 heavy (non-hydrogen) atoms. The third-order valence-corrected chi connectivity index (χ3v) is 6.13. The molecule has 7 atom stereocenters. The molecule has 0 aromatic rings. The molecule has 0 aromatic heterocycles. The molecule has 3 rings (SSSR count). The minimum atomic E-state index is -0.793. The highest BCUT2D eigenvalue weighted by Crippen LogP contribution is 2.68. The van der Waals surface area contributed by atoms with Gasteiger partial charge < -0.3 is 15.3 Å². The quantitative estimate of drug-likeness (QED) is 0.617. The second-order valence-corrected chi connectivity index (χ2v) is 7.35. The molecule has 3 aliphatic rings. The number of rotatable bonds is 1. The van der Waals surface area contributed by atoms with Gasteiger partial charge in [-0.1, -0.05) is 19.1 Å². The summed E-state index contributed by atoms with van der Waals surface area (Å²) in [5, 5.41) is 31.2. The number of aliphatic hydroxyl groups excluding tert-OH is 2. The second kappa shape index (κ2) is 3.38. The summed E-state index contributed by atoms with van der Waals surface area (Å²) in [5.74, 6) is -0.0436. The Morgan fingerprint density at radius 1 is 1.28 bits per heavy atom. The summed E-state index contributed by atoms with van der Waals surface area (Å²) in [6, 6.07) is 0. The Labute approximate surface area is 109 Å². The summed E-state index contributed by atoms with van der Waals surface area (Å²) in [6.45, 7) is 9.94. The van der Waals surface area contributed by atoms with Crippen molar-refractivity contribution in [3.63, 3.8) is 0 Å². The van der Waals surface area contributed by atoms with E-state index in [9.17, 15) is 15.3 Å². The second-order valence-electron chi connectivity index (χ2n) is 7.35. The monoisotopic (exact) mass is 252 g/mol. The molecule has 0 saturated heterocycles. The summed E-state index contributed by atoms with van der Waals surface area (Å²) >= 11 is 0. The SMILES string of the molecule is C=C1C2C(O)[C@H]3[C@@H](C(C)(C)O)CCC1(C)[C@H]3C2O. The van der Waals surface area contributed by atoms with Crippen molar-refractivity contribution in [3.8, 4) is 0 Å². The fraction of sp³-hybridized carbons (Fsp3) is 0.867. The topological polar surface area (TPSA) is 60.7 Å². The van der Waals surface area contributed by atoms with Crippen LogP contribution in [0.3, 0.4) is 0 Å². The smallest absolute Gasteiger partial charge is 0.0670 e. The standard InChI is InChI=1S/C15H24O3/c1-7-9-12(16)10-8(14(2,3)18)5-6-15(7,4)11(10)13(9)17/h8-13,16-18H,1,5-6H2,2-4H3/t8-,9?,10-,11+,12?,13?,15?/m0/s1. The van der Waals surface area contributed by atoms with Crippen molar-refractivity contribution in [3.05, 3.63) is 12.2 Å². The van der Waals surface area contributed by atoms with E-state index >= 15 is 0 Å². The highest BCUT2D eigenvalue weighted by atomic mass is 16.3. The maximum absolute atomic E-state index is 10.5. The van der Waals surface area contributed by atoms with Crippen LogP contribution < -0.4 is 0 Å². The summed E-state index contributed by atoms with van der Waals surface area (Å²) < 4.78 is 0. The molecule has 2 bridgehead atoms. The Balaban J connectivity index is 2.04. The predicted molar refractivity (Wildman–Crippen MR) is 68.8 cm³/mol. The molecule has 3 N–H and O–H groups in total. The molecule has 3 aliphatic carbocycles. The predicted octanol–water partition coefficient (Wildman–Crippen LogP) is 1.33. The van der Waals surface area contributed by atoms with E-state index in [0.29, 0.717) is 0 Å². The van der Waals surface area contributed by atoms with Gasteiger partial charge >= 0.3 is 0 Å². The Bertz CT molecular complexity index is 397. The lowest BCUT2D eigenvalue weighted by Crippen LogP contribution is -2.53. The Kier molecular flexibility index (Phi) is 2.38. The molecule has 3 fully saturated rings. The van der Waals surface area contributed by atoms with E-state index in [-0.39, 0.29) is 29.1 Å². The molecule has 0 radical (unpaired) electrons. The zero-order valence-electron chi connectivity index (χ0n) is 11.4. The van der Waals surface area contributed by atoms with E-state index in [1.54, 1.807) is 0 Å². The minimum absolute atomic E-state index is 0.00856.